The number of halogens is 2. The summed E-state index contributed by atoms with van der Waals surface area (Å²) in [4.78, 5) is 23.5. The van der Waals surface area contributed by atoms with E-state index in [1.54, 1.807) is 10.9 Å². The van der Waals surface area contributed by atoms with Gasteiger partial charge in [-0.05, 0) is 29.8 Å². The number of carbonyl (C=O) groups excluding carboxylic acids is 2. The molecule has 0 unspecified atom stereocenters. The minimum atomic E-state index is -0.713. The van der Waals surface area contributed by atoms with E-state index in [9.17, 15) is 14.0 Å². The van der Waals surface area contributed by atoms with Crippen LogP contribution in [-0.2, 0) is 20.9 Å². The van der Waals surface area contributed by atoms with Gasteiger partial charge in [0.15, 0.2) is 6.61 Å². The maximum Gasteiger partial charge on any atom is 0.331 e. The number of anilines is 1. The lowest BCUT2D eigenvalue weighted by atomic mass is 10.2. The van der Waals surface area contributed by atoms with E-state index in [1.165, 1.54) is 18.2 Å². The van der Waals surface area contributed by atoms with Crippen molar-refractivity contribution in [3.05, 3.63) is 82.9 Å². The van der Waals surface area contributed by atoms with E-state index in [-0.39, 0.29) is 5.02 Å². The molecule has 0 aliphatic heterocycles. The summed E-state index contributed by atoms with van der Waals surface area (Å²) in [5, 5.41) is 10.3. The van der Waals surface area contributed by atoms with Gasteiger partial charge >= 0.3 is 5.97 Å². The van der Waals surface area contributed by atoms with E-state index in [1.807, 2.05) is 30.3 Å². The lowest BCUT2D eigenvalue weighted by Crippen LogP contribution is -2.20. The number of nitrogens with one attached hydrogen (secondary N) is 1. The molecule has 0 bridgehead atoms. The molecule has 3 aromatic rings. The molecule has 0 radical (unpaired) electrons. The van der Waals surface area contributed by atoms with Crippen molar-refractivity contribution in [2.75, 3.05) is 11.9 Å². The standard InChI is InChI=1S/C20H16ClFN4O3/c21-17-10-15(6-8-18(17)22)23-19(27)13-29-20(28)9-7-16-12-26(25-24-16)11-14-4-2-1-3-5-14/h1-10,12H,11,13H2,(H,23,27)/b9-7+. The first-order valence-corrected chi connectivity index (χ1v) is 8.91. The van der Waals surface area contributed by atoms with Crippen LogP contribution in [0.4, 0.5) is 10.1 Å². The topological polar surface area (TPSA) is 86.1 Å². The summed E-state index contributed by atoms with van der Waals surface area (Å²) in [6, 6.07) is 13.5. The van der Waals surface area contributed by atoms with Crippen molar-refractivity contribution in [1.82, 2.24) is 15.0 Å². The molecule has 0 spiro atoms. The predicted octanol–water partition coefficient (Wildman–Crippen LogP) is 3.31. The molecule has 1 heterocycles. The highest BCUT2D eigenvalue weighted by Gasteiger charge is 2.08. The van der Waals surface area contributed by atoms with E-state index < -0.39 is 24.3 Å². The first-order chi connectivity index (χ1) is 14.0. The van der Waals surface area contributed by atoms with Crippen molar-refractivity contribution in [3.63, 3.8) is 0 Å². The average molecular weight is 415 g/mol. The molecule has 0 atom stereocenters. The lowest BCUT2D eigenvalue weighted by Gasteiger charge is -2.06. The van der Waals surface area contributed by atoms with Crippen molar-refractivity contribution in [2.24, 2.45) is 0 Å². The molecular weight excluding hydrogens is 399 g/mol. The Hall–Kier alpha value is -3.52. The van der Waals surface area contributed by atoms with Crippen LogP contribution >= 0.6 is 11.6 Å². The monoisotopic (exact) mass is 414 g/mol. The molecule has 2 aromatic carbocycles. The van der Waals surface area contributed by atoms with Gasteiger partial charge in [-0.3, -0.25) is 4.79 Å². The van der Waals surface area contributed by atoms with Crippen LogP contribution in [0.25, 0.3) is 6.08 Å². The highest BCUT2D eigenvalue weighted by molar-refractivity contribution is 6.31. The predicted molar refractivity (Wildman–Crippen MR) is 106 cm³/mol. The summed E-state index contributed by atoms with van der Waals surface area (Å²) >= 11 is 5.64. The summed E-state index contributed by atoms with van der Waals surface area (Å²) in [5.74, 6) is -1.89. The third-order valence-electron chi connectivity index (χ3n) is 3.68. The molecule has 0 aliphatic rings. The van der Waals surface area contributed by atoms with Crippen molar-refractivity contribution >= 4 is 35.2 Å². The number of hydrogen-bond acceptors (Lipinski definition) is 5. The highest BCUT2D eigenvalue weighted by Crippen LogP contribution is 2.19. The second kappa shape index (κ2) is 9.61. The van der Waals surface area contributed by atoms with Crippen LogP contribution in [0.5, 0.6) is 0 Å². The Morgan fingerprint density at radius 1 is 1.21 bits per heavy atom. The van der Waals surface area contributed by atoms with E-state index in [0.717, 1.165) is 17.7 Å². The maximum absolute atomic E-state index is 13.1. The van der Waals surface area contributed by atoms with Crippen molar-refractivity contribution in [1.29, 1.82) is 0 Å². The minimum Gasteiger partial charge on any atom is -0.452 e. The van der Waals surface area contributed by atoms with E-state index in [0.29, 0.717) is 17.9 Å². The van der Waals surface area contributed by atoms with Gasteiger partial charge in [0, 0.05) is 11.8 Å². The molecule has 0 fully saturated rings. The zero-order valence-electron chi connectivity index (χ0n) is 15.1. The van der Waals surface area contributed by atoms with Crippen molar-refractivity contribution in [2.45, 2.75) is 6.54 Å². The zero-order valence-corrected chi connectivity index (χ0v) is 15.8. The van der Waals surface area contributed by atoms with Crippen molar-refractivity contribution in [3.8, 4) is 0 Å². The summed E-state index contributed by atoms with van der Waals surface area (Å²) < 4.78 is 19.6. The van der Waals surface area contributed by atoms with Gasteiger partial charge in [0.25, 0.3) is 5.91 Å². The third-order valence-corrected chi connectivity index (χ3v) is 3.97. The number of esters is 1. The first-order valence-electron chi connectivity index (χ1n) is 8.53. The molecule has 0 saturated heterocycles. The molecule has 1 amide bonds. The smallest absolute Gasteiger partial charge is 0.331 e. The van der Waals surface area contributed by atoms with E-state index >= 15 is 0 Å². The van der Waals surface area contributed by atoms with Gasteiger partial charge in [0.1, 0.15) is 11.5 Å². The van der Waals surface area contributed by atoms with Crippen molar-refractivity contribution < 1.29 is 18.7 Å². The van der Waals surface area contributed by atoms with Crippen LogP contribution in [0, 0.1) is 5.82 Å². The fraction of sp³-hybridized carbons (Fsp3) is 0.100. The van der Waals surface area contributed by atoms with E-state index in [4.69, 9.17) is 16.3 Å². The Labute approximate surface area is 170 Å². The number of nitrogens with zero attached hydrogens (tertiary/aromatic N) is 3. The minimum absolute atomic E-state index is 0.122. The Morgan fingerprint density at radius 3 is 2.76 bits per heavy atom. The number of rotatable bonds is 7. The number of hydrogen-bond donors (Lipinski definition) is 1. The summed E-state index contributed by atoms with van der Waals surface area (Å²) in [6.07, 6.45) is 4.27. The van der Waals surface area contributed by atoms with Gasteiger partial charge < -0.3 is 10.1 Å². The van der Waals surface area contributed by atoms with Gasteiger partial charge in [-0.25, -0.2) is 13.9 Å². The van der Waals surface area contributed by atoms with Crippen LogP contribution in [0.15, 0.2) is 60.8 Å². The molecule has 0 saturated carbocycles. The SMILES string of the molecule is O=C(COC(=O)/C=C/c1cn(Cc2ccccc2)nn1)Nc1ccc(F)c(Cl)c1. The van der Waals surface area contributed by atoms with Gasteiger partial charge in [-0.15, -0.1) is 5.10 Å². The maximum atomic E-state index is 13.1. The second-order valence-corrected chi connectivity index (χ2v) is 6.35. The molecule has 0 aliphatic carbocycles. The Balaban J connectivity index is 1.46. The Bertz CT molecular complexity index is 1040. The molecule has 1 N–H and O–H groups in total. The Morgan fingerprint density at radius 2 is 2.00 bits per heavy atom. The lowest BCUT2D eigenvalue weighted by molar-refractivity contribution is -0.142. The highest BCUT2D eigenvalue weighted by atomic mass is 35.5. The first kappa shape index (κ1) is 20.2. The number of benzene rings is 2. The normalized spacial score (nSPS) is 10.8. The second-order valence-electron chi connectivity index (χ2n) is 5.94. The van der Waals surface area contributed by atoms with Gasteiger partial charge in [0.2, 0.25) is 0 Å². The number of carbonyl (C=O) groups is 2. The average Bonchev–Trinajstić information content (AvgIpc) is 3.16. The molecular formula is C20H16ClFN4O3. The number of aromatic nitrogens is 3. The van der Waals surface area contributed by atoms with Gasteiger partial charge in [-0.1, -0.05) is 47.1 Å². The largest absolute Gasteiger partial charge is 0.452 e. The van der Waals surface area contributed by atoms with Crippen LogP contribution in [0.2, 0.25) is 5.02 Å². The molecule has 3 rings (SSSR count). The molecule has 29 heavy (non-hydrogen) atoms. The molecule has 9 heteroatoms. The molecule has 148 valence electrons. The number of amides is 1. The summed E-state index contributed by atoms with van der Waals surface area (Å²) in [6.45, 7) is 0.0541. The third kappa shape index (κ3) is 6.25. The van der Waals surface area contributed by atoms with Crippen LogP contribution < -0.4 is 5.32 Å². The summed E-state index contributed by atoms with van der Waals surface area (Å²) in [5.41, 5.74) is 1.84. The Kier molecular flexibility index (Phi) is 6.70. The van der Waals surface area contributed by atoms with Gasteiger partial charge in [0.05, 0.1) is 17.8 Å². The summed E-state index contributed by atoms with van der Waals surface area (Å²) in [7, 11) is 0. The van der Waals surface area contributed by atoms with Gasteiger partial charge in [-0.2, -0.15) is 0 Å². The fourth-order valence-electron chi connectivity index (χ4n) is 2.35. The quantitative estimate of drug-likeness (QED) is 0.473. The van der Waals surface area contributed by atoms with E-state index in [2.05, 4.69) is 15.6 Å². The van der Waals surface area contributed by atoms with Crippen LogP contribution in [0.3, 0.4) is 0 Å². The fourth-order valence-corrected chi connectivity index (χ4v) is 2.53. The molecule has 7 nitrogen and oxygen atoms in total. The molecule has 1 aromatic heterocycles. The zero-order chi connectivity index (χ0) is 20.6. The van der Waals surface area contributed by atoms with Crippen LogP contribution in [-0.4, -0.2) is 33.5 Å². The number of ether oxygens (including phenoxy) is 1. The van der Waals surface area contributed by atoms with Crippen LogP contribution in [0.1, 0.15) is 11.3 Å².